The number of carbonyl (C=O) groups is 2. The van der Waals surface area contributed by atoms with Crippen LogP contribution in [0.25, 0.3) is 10.9 Å². The molecule has 4 aromatic rings. The molecular formula is C28H29N3O4. The van der Waals surface area contributed by atoms with Crippen molar-refractivity contribution in [3.05, 3.63) is 84.1 Å². The highest BCUT2D eigenvalue weighted by Gasteiger charge is 2.22. The number of Topliss-reactive ketones (excluding diaryl/α,β-unsaturated/α-hetero) is 1. The van der Waals surface area contributed by atoms with Crippen molar-refractivity contribution in [2.75, 3.05) is 23.8 Å². The predicted octanol–water partition coefficient (Wildman–Crippen LogP) is 5.90. The number of hydrogen-bond donors (Lipinski definition) is 3. The third-order valence-electron chi connectivity index (χ3n) is 5.59. The average Bonchev–Trinajstić information content (AvgIpc) is 3.31. The van der Waals surface area contributed by atoms with Crippen molar-refractivity contribution in [3.63, 3.8) is 0 Å². The van der Waals surface area contributed by atoms with Crippen molar-refractivity contribution in [2.24, 2.45) is 0 Å². The van der Waals surface area contributed by atoms with Gasteiger partial charge in [-0.1, -0.05) is 36.4 Å². The molecule has 180 valence electrons. The summed E-state index contributed by atoms with van der Waals surface area (Å²) in [7, 11) is 0. The number of aromatic nitrogens is 1. The molecule has 4 rings (SSSR count). The number of rotatable bonds is 10. The van der Waals surface area contributed by atoms with Crippen LogP contribution in [0.1, 0.15) is 41.5 Å². The molecule has 3 N–H and O–H groups in total. The van der Waals surface area contributed by atoms with Crippen molar-refractivity contribution in [2.45, 2.75) is 26.8 Å². The van der Waals surface area contributed by atoms with Crippen LogP contribution in [0, 0.1) is 0 Å². The van der Waals surface area contributed by atoms with Gasteiger partial charge >= 0.3 is 0 Å². The fourth-order valence-electron chi connectivity index (χ4n) is 3.91. The minimum atomic E-state index is -0.535. The molecule has 0 spiro atoms. The van der Waals surface area contributed by atoms with Gasteiger partial charge in [-0.3, -0.25) is 9.59 Å². The van der Waals surface area contributed by atoms with E-state index in [-0.39, 0.29) is 11.7 Å². The number of H-pyrrole nitrogens is 1. The molecule has 3 aromatic carbocycles. The summed E-state index contributed by atoms with van der Waals surface area (Å²) in [6.45, 7) is 6.38. The zero-order valence-electron chi connectivity index (χ0n) is 20.1. The second-order valence-corrected chi connectivity index (χ2v) is 8.01. The van der Waals surface area contributed by atoms with Crippen LogP contribution in [0.4, 0.5) is 11.4 Å². The lowest BCUT2D eigenvalue weighted by molar-refractivity contribution is 0.0976. The predicted molar refractivity (Wildman–Crippen MR) is 139 cm³/mol. The molecule has 0 saturated carbocycles. The van der Waals surface area contributed by atoms with Crippen LogP contribution in [0.15, 0.2) is 72.9 Å². The van der Waals surface area contributed by atoms with E-state index in [1.807, 2.05) is 63.2 Å². The molecule has 0 unspecified atom stereocenters. The molecule has 0 aliphatic heterocycles. The Morgan fingerprint density at radius 2 is 1.51 bits per heavy atom. The van der Waals surface area contributed by atoms with Gasteiger partial charge < -0.3 is 25.1 Å². The first-order valence-electron chi connectivity index (χ1n) is 11.7. The van der Waals surface area contributed by atoms with E-state index in [0.717, 1.165) is 10.9 Å². The Kier molecular flexibility index (Phi) is 7.35. The number of hydrogen-bond acceptors (Lipinski definition) is 5. The monoisotopic (exact) mass is 471 g/mol. The molecule has 0 fully saturated rings. The third kappa shape index (κ3) is 5.30. The van der Waals surface area contributed by atoms with Gasteiger partial charge in [0.1, 0.15) is 11.5 Å². The third-order valence-corrected chi connectivity index (χ3v) is 5.59. The van der Waals surface area contributed by atoms with Gasteiger partial charge in [-0.05, 0) is 39.0 Å². The van der Waals surface area contributed by atoms with Gasteiger partial charge in [0.15, 0.2) is 5.78 Å². The molecule has 1 heterocycles. The highest BCUT2D eigenvalue weighted by Crippen LogP contribution is 2.38. The quantitative estimate of drug-likeness (QED) is 0.250. The normalized spacial score (nSPS) is 11.6. The second kappa shape index (κ2) is 10.8. The first kappa shape index (κ1) is 23.9. The highest BCUT2D eigenvalue weighted by atomic mass is 16.5. The zero-order chi connectivity index (χ0) is 24.8. The molecule has 1 atom stereocenters. The van der Waals surface area contributed by atoms with Crippen LogP contribution in [-0.2, 0) is 0 Å². The number of anilines is 2. The summed E-state index contributed by atoms with van der Waals surface area (Å²) in [6, 6.07) is 19.6. The highest BCUT2D eigenvalue weighted by molar-refractivity contribution is 6.11. The number of aromatic amines is 1. The Labute approximate surface area is 204 Å². The van der Waals surface area contributed by atoms with E-state index in [0.29, 0.717) is 47.2 Å². The Hall–Kier alpha value is -4.26. The van der Waals surface area contributed by atoms with Gasteiger partial charge in [-0.15, -0.1) is 0 Å². The van der Waals surface area contributed by atoms with E-state index in [9.17, 15) is 9.59 Å². The van der Waals surface area contributed by atoms with Gasteiger partial charge in [-0.25, -0.2) is 0 Å². The van der Waals surface area contributed by atoms with E-state index in [2.05, 4.69) is 15.6 Å². The van der Waals surface area contributed by atoms with E-state index in [4.69, 9.17) is 9.47 Å². The topological polar surface area (TPSA) is 92.4 Å². The summed E-state index contributed by atoms with van der Waals surface area (Å²) in [6.07, 6.45) is 1.74. The zero-order valence-corrected chi connectivity index (χ0v) is 20.1. The molecule has 0 saturated heterocycles. The van der Waals surface area contributed by atoms with E-state index >= 15 is 0 Å². The number of fused-ring (bicyclic) bond motifs is 1. The Morgan fingerprint density at radius 3 is 2.23 bits per heavy atom. The second-order valence-electron chi connectivity index (χ2n) is 8.01. The lowest BCUT2D eigenvalue weighted by Crippen LogP contribution is -2.26. The van der Waals surface area contributed by atoms with Crippen molar-refractivity contribution in [1.82, 2.24) is 4.98 Å². The summed E-state index contributed by atoms with van der Waals surface area (Å²) in [5.74, 6) is 0.689. The van der Waals surface area contributed by atoms with E-state index in [1.165, 1.54) is 0 Å². The molecule has 1 aromatic heterocycles. The van der Waals surface area contributed by atoms with Crippen molar-refractivity contribution in [1.29, 1.82) is 0 Å². The van der Waals surface area contributed by atoms with Crippen LogP contribution in [0.5, 0.6) is 11.5 Å². The maximum absolute atomic E-state index is 13.3. The van der Waals surface area contributed by atoms with Gasteiger partial charge in [0, 0.05) is 40.4 Å². The number of carbonyl (C=O) groups excluding carboxylic acids is 2. The summed E-state index contributed by atoms with van der Waals surface area (Å²) < 4.78 is 11.7. The number of ether oxygens (including phenoxy) is 2. The number of nitrogens with one attached hydrogen (secondary N) is 3. The lowest BCUT2D eigenvalue weighted by Gasteiger charge is -2.20. The van der Waals surface area contributed by atoms with Crippen molar-refractivity contribution >= 4 is 34.0 Å². The average molecular weight is 472 g/mol. The molecule has 7 nitrogen and oxygen atoms in total. The van der Waals surface area contributed by atoms with Crippen LogP contribution >= 0.6 is 0 Å². The van der Waals surface area contributed by atoms with Gasteiger partial charge in [-0.2, -0.15) is 0 Å². The molecule has 0 aliphatic carbocycles. The Balaban J connectivity index is 1.62. The first-order valence-corrected chi connectivity index (χ1v) is 11.7. The summed E-state index contributed by atoms with van der Waals surface area (Å²) >= 11 is 0. The number of benzene rings is 3. The SMILES string of the molecule is CCOc1cc(N[C@H](C)C(=O)c2c[nH]c3ccccc23)c(OCC)cc1NC(=O)c1ccccc1. The lowest BCUT2D eigenvalue weighted by atomic mass is 10.0. The number of ketones is 1. The van der Waals surface area contributed by atoms with Gasteiger partial charge in [0.05, 0.1) is 30.6 Å². The molecule has 0 aliphatic rings. The van der Waals surface area contributed by atoms with Crippen LogP contribution in [0.2, 0.25) is 0 Å². The number of amides is 1. The van der Waals surface area contributed by atoms with E-state index < -0.39 is 6.04 Å². The minimum Gasteiger partial charge on any atom is -0.492 e. The van der Waals surface area contributed by atoms with Crippen LogP contribution in [-0.4, -0.2) is 35.9 Å². The molecule has 7 heteroatoms. The molecule has 0 bridgehead atoms. The smallest absolute Gasteiger partial charge is 0.255 e. The Morgan fingerprint density at radius 1 is 0.886 bits per heavy atom. The van der Waals surface area contributed by atoms with Crippen molar-refractivity contribution in [3.8, 4) is 11.5 Å². The maximum Gasteiger partial charge on any atom is 0.255 e. The van der Waals surface area contributed by atoms with Crippen LogP contribution in [0.3, 0.4) is 0 Å². The fraction of sp³-hybridized carbons (Fsp3) is 0.214. The van der Waals surface area contributed by atoms with Crippen LogP contribution < -0.4 is 20.1 Å². The molecule has 1 amide bonds. The summed E-state index contributed by atoms with van der Waals surface area (Å²) in [5.41, 5.74) is 3.16. The maximum atomic E-state index is 13.3. The largest absolute Gasteiger partial charge is 0.492 e. The van der Waals surface area contributed by atoms with E-state index in [1.54, 1.807) is 30.5 Å². The summed E-state index contributed by atoms with van der Waals surface area (Å²) in [5, 5.41) is 7.07. The fourth-order valence-corrected chi connectivity index (χ4v) is 3.91. The molecule has 35 heavy (non-hydrogen) atoms. The van der Waals surface area contributed by atoms with Gasteiger partial charge in [0.25, 0.3) is 5.91 Å². The standard InChI is InChI=1S/C28H29N3O4/c1-4-34-25-16-24(31-28(33)19-11-7-6-8-12-19)26(35-5-2)15-23(25)30-18(3)27(32)21-17-29-22-14-10-9-13-20(21)22/h6-18,29-30H,4-5H2,1-3H3,(H,31,33)/t18-/m1/s1. The summed E-state index contributed by atoms with van der Waals surface area (Å²) in [4.78, 5) is 29.2. The molecule has 0 radical (unpaired) electrons. The Bertz CT molecular complexity index is 1330. The van der Waals surface area contributed by atoms with Crippen molar-refractivity contribution < 1.29 is 19.1 Å². The molecular weight excluding hydrogens is 442 g/mol. The first-order chi connectivity index (χ1) is 17.0. The number of para-hydroxylation sites is 1. The minimum absolute atomic E-state index is 0.0516. The van der Waals surface area contributed by atoms with Gasteiger partial charge in [0.2, 0.25) is 0 Å².